The highest BCUT2D eigenvalue weighted by atomic mass is 35.5. The molecule has 0 atom stereocenters. The minimum absolute atomic E-state index is 0.489. The predicted molar refractivity (Wildman–Crippen MR) is 42.5 cm³/mol. The van der Waals surface area contributed by atoms with Crippen LogP contribution in [0.3, 0.4) is 0 Å². The minimum Gasteiger partial charge on any atom is -0.504 e. The number of aromatic hydroxyl groups is 1. The molecule has 0 unspecified atom stereocenters. The van der Waals surface area contributed by atoms with E-state index in [-0.39, 0.29) is 0 Å². The first-order valence-corrected chi connectivity index (χ1v) is 3.63. The van der Waals surface area contributed by atoms with Gasteiger partial charge in [0.05, 0.1) is 0 Å². The molecule has 76 valence electrons. The topological polar surface area (TPSA) is 76.3 Å². The number of hydrogen-bond acceptors (Lipinski definition) is 4. The van der Waals surface area contributed by atoms with Crippen molar-refractivity contribution >= 4 is 17.4 Å². The van der Waals surface area contributed by atoms with Gasteiger partial charge in [0, 0.05) is 6.07 Å². The van der Waals surface area contributed by atoms with Crippen LogP contribution >= 0.6 is 11.6 Å². The summed E-state index contributed by atoms with van der Waals surface area (Å²) in [6.45, 7) is 0. The number of hydrogen-bond donors (Lipinski definition) is 1. The summed E-state index contributed by atoms with van der Waals surface area (Å²) in [5.41, 5.74) is -1.05. The van der Waals surface area contributed by atoms with Gasteiger partial charge in [-0.1, -0.05) is 11.6 Å². The van der Waals surface area contributed by atoms with Gasteiger partial charge in [-0.05, 0) is 9.91 Å². The van der Waals surface area contributed by atoms with Crippen molar-refractivity contribution in [3.8, 4) is 5.75 Å². The molecule has 0 aliphatic heterocycles. The van der Waals surface area contributed by atoms with E-state index in [1.807, 2.05) is 0 Å². The Hall–Kier alpha value is -1.50. The number of halogens is 3. The maximum Gasteiger partial charge on any atom is 0.383 e. The second kappa shape index (κ2) is 3.70. The summed E-state index contributed by atoms with van der Waals surface area (Å²) in [5, 5.41) is 18.7. The smallest absolute Gasteiger partial charge is 0.383 e. The van der Waals surface area contributed by atoms with Crippen LogP contribution in [0.1, 0.15) is 12.1 Å². The fourth-order valence-electron chi connectivity index (χ4n) is 0.772. The standard InChI is InChI=1S/C6H3ClF2N2O3/c7-2-1-3(12)4(5(8)9)10-6(2)11(13)14/h1,5,12H. The first kappa shape index (κ1) is 10.6. The zero-order chi connectivity index (χ0) is 10.9. The second-order valence-electron chi connectivity index (χ2n) is 2.26. The van der Waals surface area contributed by atoms with Gasteiger partial charge >= 0.3 is 12.2 Å². The number of pyridine rings is 1. The van der Waals surface area contributed by atoms with Gasteiger partial charge in [0.2, 0.25) is 0 Å². The molecule has 0 aromatic carbocycles. The van der Waals surface area contributed by atoms with Gasteiger partial charge < -0.3 is 15.2 Å². The van der Waals surface area contributed by atoms with Gasteiger partial charge in [-0.2, -0.15) is 0 Å². The SMILES string of the molecule is O=[N+]([O-])c1nc(C(F)F)c(O)cc1Cl. The average Bonchev–Trinajstić information content (AvgIpc) is 2.02. The highest BCUT2D eigenvalue weighted by Crippen LogP contribution is 2.33. The first-order chi connectivity index (χ1) is 6.43. The molecule has 0 spiro atoms. The highest BCUT2D eigenvalue weighted by molar-refractivity contribution is 6.32. The van der Waals surface area contributed by atoms with E-state index in [1.54, 1.807) is 0 Å². The summed E-state index contributed by atoms with van der Waals surface area (Å²) in [6, 6.07) is 0.661. The third kappa shape index (κ3) is 1.87. The van der Waals surface area contributed by atoms with Crippen LogP contribution < -0.4 is 0 Å². The summed E-state index contributed by atoms with van der Waals surface area (Å²) in [4.78, 5) is 12.2. The van der Waals surface area contributed by atoms with Crippen LogP contribution in [-0.2, 0) is 0 Å². The minimum atomic E-state index is -3.09. The van der Waals surface area contributed by atoms with Gasteiger partial charge in [-0.25, -0.2) is 8.78 Å². The van der Waals surface area contributed by atoms with Crippen molar-refractivity contribution in [1.82, 2.24) is 4.98 Å². The molecule has 0 fully saturated rings. The number of rotatable bonds is 2. The molecule has 1 aromatic heterocycles. The summed E-state index contributed by atoms with van der Waals surface area (Å²) in [5.74, 6) is -1.77. The molecule has 14 heavy (non-hydrogen) atoms. The Morgan fingerprint density at radius 3 is 2.64 bits per heavy atom. The zero-order valence-corrected chi connectivity index (χ0v) is 7.20. The molecule has 1 N–H and O–H groups in total. The van der Waals surface area contributed by atoms with Crippen LogP contribution in [0.5, 0.6) is 5.75 Å². The van der Waals surface area contributed by atoms with Crippen molar-refractivity contribution in [2.24, 2.45) is 0 Å². The van der Waals surface area contributed by atoms with E-state index in [0.717, 1.165) is 0 Å². The van der Waals surface area contributed by atoms with E-state index in [0.29, 0.717) is 6.07 Å². The third-order valence-corrected chi connectivity index (χ3v) is 1.62. The summed E-state index contributed by atoms with van der Waals surface area (Å²) in [6.07, 6.45) is -3.09. The van der Waals surface area contributed by atoms with Crippen LogP contribution in [-0.4, -0.2) is 15.0 Å². The molecule has 0 aliphatic carbocycles. The Balaban J connectivity index is 3.34. The number of alkyl halides is 2. The molecule has 0 saturated heterocycles. The van der Waals surface area contributed by atoms with Crippen LogP contribution in [0.25, 0.3) is 0 Å². The van der Waals surface area contributed by atoms with Gasteiger partial charge in [0.15, 0.2) is 5.75 Å². The van der Waals surface area contributed by atoms with E-state index >= 15 is 0 Å². The molecular formula is C6H3ClF2N2O3. The summed E-state index contributed by atoms with van der Waals surface area (Å²) < 4.78 is 24.2. The van der Waals surface area contributed by atoms with Gasteiger partial charge in [0.25, 0.3) is 5.69 Å². The summed E-state index contributed by atoms with van der Waals surface area (Å²) >= 11 is 5.29. The van der Waals surface area contributed by atoms with Crippen molar-refractivity contribution in [1.29, 1.82) is 0 Å². The Morgan fingerprint density at radius 1 is 1.64 bits per heavy atom. The third-order valence-electron chi connectivity index (χ3n) is 1.35. The van der Waals surface area contributed by atoms with Crippen molar-refractivity contribution in [3.63, 3.8) is 0 Å². The van der Waals surface area contributed by atoms with Crippen molar-refractivity contribution in [2.75, 3.05) is 0 Å². The maximum absolute atomic E-state index is 12.1. The molecule has 0 bridgehead atoms. The summed E-state index contributed by atoms with van der Waals surface area (Å²) in [7, 11) is 0. The van der Waals surface area contributed by atoms with Crippen LogP contribution in [0, 0.1) is 10.1 Å². The lowest BCUT2D eigenvalue weighted by molar-refractivity contribution is -0.389. The second-order valence-corrected chi connectivity index (χ2v) is 2.66. The lowest BCUT2D eigenvalue weighted by Gasteiger charge is -2.00. The Kier molecular flexibility index (Phi) is 2.80. The van der Waals surface area contributed by atoms with Crippen LogP contribution in [0.15, 0.2) is 6.07 Å². The predicted octanol–water partition coefficient (Wildman–Crippen LogP) is 2.29. The molecule has 0 aliphatic rings. The van der Waals surface area contributed by atoms with Gasteiger partial charge in [-0.3, -0.25) is 0 Å². The largest absolute Gasteiger partial charge is 0.504 e. The Bertz CT molecular complexity index is 386. The molecule has 1 aromatic rings. The van der Waals surface area contributed by atoms with Crippen LogP contribution in [0.2, 0.25) is 5.02 Å². The van der Waals surface area contributed by atoms with Gasteiger partial charge in [-0.15, -0.1) is 0 Å². The Labute approximate surface area is 81.1 Å². The monoisotopic (exact) mass is 224 g/mol. The fourth-order valence-corrected chi connectivity index (χ4v) is 0.987. The average molecular weight is 225 g/mol. The van der Waals surface area contributed by atoms with Crippen LogP contribution in [0.4, 0.5) is 14.6 Å². The Morgan fingerprint density at radius 2 is 2.21 bits per heavy atom. The van der Waals surface area contributed by atoms with E-state index in [9.17, 15) is 18.9 Å². The fraction of sp³-hybridized carbons (Fsp3) is 0.167. The molecule has 1 rings (SSSR count). The quantitative estimate of drug-likeness (QED) is 0.618. The van der Waals surface area contributed by atoms with Crippen molar-refractivity contribution in [3.05, 3.63) is 26.9 Å². The van der Waals surface area contributed by atoms with Gasteiger partial charge in [0.1, 0.15) is 5.02 Å². The van der Waals surface area contributed by atoms with E-state index in [1.165, 1.54) is 0 Å². The maximum atomic E-state index is 12.1. The van der Waals surface area contributed by atoms with E-state index in [2.05, 4.69) is 4.98 Å². The molecule has 0 amide bonds. The van der Waals surface area contributed by atoms with Crippen molar-refractivity contribution in [2.45, 2.75) is 6.43 Å². The number of nitrogens with zero attached hydrogens (tertiary/aromatic N) is 2. The highest BCUT2D eigenvalue weighted by Gasteiger charge is 2.26. The molecule has 0 saturated carbocycles. The molecule has 8 heteroatoms. The molecular weight excluding hydrogens is 222 g/mol. The zero-order valence-electron chi connectivity index (χ0n) is 6.45. The molecule has 1 heterocycles. The first-order valence-electron chi connectivity index (χ1n) is 3.25. The normalized spacial score (nSPS) is 10.6. The number of nitro groups is 1. The van der Waals surface area contributed by atoms with Crippen molar-refractivity contribution < 1.29 is 18.8 Å². The lowest BCUT2D eigenvalue weighted by Crippen LogP contribution is -1.98. The van der Waals surface area contributed by atoms with E-state index in [4.69, 9.17) is 16.7 Å². The van der Waals surface area contributed by atoms with E-state index < -0.39 is 33.6 Å². The molecule has 5 nitrogen and oxygen atoms in total. The molecule has 0 radical (unpaired) electrons. The number of aromatic nitrogens is 1. The lowest BCUT2D eigenvalue weighted by atomic mass is 10.3.